The van der Waals surface area contributed by atoms with Crippen LogP contribution < -0.4 is 14.6 Å². The van der Waals surface area contributed by atoms with Gasteiger partial charge in [-0.25, -0.2) is 4.98 Å². The molecule has 0 saturated carbocycles. The van der Waals surface area contributed by atoms with Gasteiger partial charge in [-0.05, 0) is 23.8 Å². The van der Waals surface area contributed by atoms with Crippen molar-refractivity contribution >= 4 is 11.5 Å². The van der Waals surface area contributed by atoms with Gasteiger partial charge in [0.25, 0.3) is 0 Å². The number of benzene rings is 1. The number of nitrogens with one attached hydrogen (secondary N) is 1. The summed E-state index contributed by atoms with van der Waals surface area (Å²) >= 11 is 0. The van der Waals surface area contributed by atoms with Crippen molar-refractivity contribution in [1.29, 1.82) is 0 Å². The maximum Gasteiger partial charge on any atom is 0.357 e. The number of methoxy groups -OCH3 is 1. The Bertz CT molecular complexity index is 616. The van der Waals surface area contributed by atoms with Crippen molar-refractivity contribution in [2.24, 2.45) is 0 Å². The van der Waals surface area contributed by atoms with Crippen molar-refractivity contribution < 1.29 is 14.6 Å². The lowest BCUT2D eigenvalue weighted by Gasteiger charge is -2.11. The molecule has 20 heavy (non-hydrogen) atoms. The number of pyridine rings is 1. The second-order valence-corrected chi connectivity index (χ2v) is 4.37. The van der Waals surface area contributed by atoms with E-state index >= 15 is 0 Å². The molecule has 0 aliphatic carbocycles. The molecular formula is C14H16N3O3+. The first-order valence-electron chi connectivity index (χ1n) is 6.11. The summed E-state index contributed by atoms with van der Waals surface area (Å²) in [7, 11) is 3.41. The molecule has 0 fully saturated rings. The standard InChI is InChI=1S/C14H15N3O3/c1-16(10-11-5-3-6-12(9-11)20-2)14-13(17(18)19)7-4-8-15-14/h3-9H,10H2,1-2H3/p+1. The summed E-state index contributed by atoms with van der Waals surface area (Å²) in [4.78, 5) is 15.3. The predicted molar refractivity (Wildman–Crippen MR) is 74.8 cm³/mol. The zero-order valence-electron chi connectivity index (χ0n) is 11.4. The van der Waals surface area contributed by atoms with Crippen LogP contribution in [-0.2, 0) is 6.54 Å². The maximum atomic E-state index is 11.0. The van der Waals surface area contributed by atoms with Crippen LogP contribution in [0.15, 0.2) is 42.6 Å². The van der Waals surface area contributed by atoms with Crippen LogP contribution in [0.4, 0.5) is 11.5 Å². The number of anilines is 1. The molecule has 0 atom stereocenters. The molecule has 2 rings (SSSR count). The van der Waals surface area contributed by atoms with Crippen LogP contribution in [0.1, 0.15) is 5.56 Å². The van der Waals surface area contributed by atoms with E-state index in [1.54, 1.807) is 31.3 Å². The average molecular weight is 274 g/mol. The first-order valence-corrected chi connectivity index (χ1v) is 6.11. The van der Waals surface area contributed by atoms with Gasteiger partial charge in [-0.2, -0.15) is 0 Å². The molecular weight excluding hydrogens is 258 g/mol. The Labute approximate surface area is 116 Å². The van der Waals surface area contributed by atoms with E-state index in [9.17, 15) is 10.1 Å². The summed E-state index contributed by atoms with van der Waals surface area (Å²) in [6, 6.07) is 10.7. The number of aromatic amines is 1. The molecule has 0 saturated heterocycles. The monoisotopic (exact) mass is 274 g/mol. The molecule has 0 amide bonds. The number of hydrogen-bond donors (Lipinski definition) is 0. The molecule has 1 aromatic heterocycles. The van der Waals surface area contributed by atoms with Crippen molar-refractivity contribution in [3.8, 4) is 5.75 Å². The lowest BCUT2D eigenvalue weighted by molar-refractivity contribution is -0.411. The molecule has 6 heteroatoms. The molecule has 2 aromatic rings. The van der Waals surface area contributed by atoms with Crippen LogP contribution in [0.3, 0.4) is 0 Å². The van der Waals surface area contributed by atoms with Crippen molar-refractivity contribution in [3.63, 3.8) is 0 Å². The van der Waals surface area contributed by atoms with Crippen LogP contribution in [0.5, 0.6) is 5.75 Å². The largest absolute Gasteiger partial charge is 0.497 e. The van der Waals surface area contributed by atoms with Gasteiger partial charge in [0.2, 0.25) is 0 Å². The molecule has 104 valence electrons. The van der Waals surface area contributed by atoms with Crippen molar-refractivity contribution in [3.05, 3.63) is 58.3 Å². The van der Waals surface area contributed by atoms with E-state index in [0.29, 0.717) is 12.4 Å². The molecule has 6 nitrogen and oxygen atoms in total. The Hall–Kier alpha value is -2.63. The van der Waals surface area contributed by atoms with Gasteiger partial charge < -0.3 is 4.74 Å². The third-order valence-electron chi connectivity index (χ3n) is 2.95. The molecule has 1 heterocycles. The highest BCUT2D eigenvalue weighted by molar-refractivity contribution is 5.53. The average Bonchev–Trinajstić information content (AvgIpc) is 2.47. The van der Waals surface area contributed by atoms with Gasteiger partial charge in [-0.1, -0.05) is 12.1 Å². The van der Waals surface area contributed by atoms with Crippen molar-refractivity contribution in [2.75, 3.05) is 19.1 Å². The van der Waals surface area contributed by atoms with E-state index in [4.69, 9.17) is 4.74 Å². The third-order valence-corrected chi connectivity index (χ3v) is 2.95. The summed E-state index contributed by atoms with van der Waals surface area (Å²) in [6.07, 6.45) is 1.67. The molecule has 1 aromatic carbocycles. The minimum atomic E-state index is -0.395. The minimum absolute atomic E-state index is 0.0536. The number of hydrogen-bond acceptors (Lipinski definition) is 4. The SMILES string of the molecule is COc1cccc(CN(C)c2[nH+]cccc2[N+](=O)[O-])c1. The predicted octanol–water partition coefficient (Wildman–Crippen LogP) is 2.05. The number of aromatic nitrogens is 1. The van der Waals surface area contributed by atoms with Crippen LogP contribution in [0, 0.1) is 10.1 Å². The fourth-order valence-corrected chi connectivity index (χ4v) is 2.00. The highest BCUT2D eigenvalue weighted by atomic mass is 16.6. The first-order chi connectivity index (χ1) is 9.61. The van der Waals surface area contributed by atoms with E-state index in [0.717, 1.165) is 11.3 Å². The van der Waals surface area contributed by atoms with Gasteiger partial charge in [0.1, 0.15) is 12.3 Å². The molecule has 0 aliphatic heterocycles. The normalized spacial score (nSPS) is 10.1. The fourth-order valence-electron chi connectivity index (χ4n) is 2.00. The summed E-state index contributed by atoms with van der Waals surface area (Å²) < 4.78 is 5.17. The first kappa shape index (κ1) is 13.8. The fraction of sp³-hybridized carbons (Fsp3) is 0.214. The van der Waals surface area contributed by atoms with Crippen LogP contribution in [0.2, 0.25) is 0 Å². The molecule has 0 unspecified atom stereocenters. The number of nitro groups is 1. The summed E-state index contributed by atoms with van der Waals surface area (Å²) in [6.45, 7) is 0.540. The Morgan fingerprint density at radius 1 is 1.35 bits per heavy atom. The van der Waals surface area contributed by atoms with Crippen LogP contribution in [-0.4, -0.2) is 19.1 Å². The van der Waals surface area contributed by atoms with Gasteiger partial charge in [0.15, 0.2) is 0 Å². The molecule has 0 radical (unpaired) electrons. The Balaban J connectivity index is 2.23. The lowest BCUT2D eigenvalue weighted by atomic mass is 10.2. The summed E-state index contributed by atoms with van der Waals surface area (Å²) in [5.74, 6) is 1.24. The minimum Gasteiger partial charge on any atom is -0.497 e. The van der Waals surface area contributed by atoms with E-state index in [2.05, 4.69) is 4.98 Å². The van der Waals surface area contributed by atoms with Gasteiger partial charge in [0.05, 0.1) is 25.3 Å². The summed E-state index contributed by atoms with van der Waals surface area (Å²) in [5.41, 5.74) is 1.07. The molecule has 0 aliphatic rings. The van der Waals surface area contributed by atoms with E-state index in [-0.39, 0.29) is 5.69 Å². The molecule has 0 bridgehead atoms. The maximum absolute atomic E-state index is 11.0. The lowest BCUT2D eigenvalue weighted by Crippen LogP contribution is -2.25. The van der Waals surface area contributed by atoms with E-state index in [1.165, 1.54) is 6.07 Å². The second-order valence-electron chi connectivity index (χ2n) is 4.37. The number of rotatable bonds is 5. The third kappa shape index (κ3) is 3.03. The Morgan fingerprint density at radius 3 is 2.85 bits per heavy atom. The van der Waals surface area contributed by atoms with Crippen molar-refractivity contribution in [2.45, 2.75) is 6.54 Å². The Kier molecular flexibility index (Phi) is 4.14. The van der Waals surface area contributed by atoms with Gasteiger partial charge >= 0.3 is 11.5 Å². The topological polar surface area (TPSA) is 69.8 Å². The van der Waals surface area contributed by atoms with E-state index < -0.39 is 4.92 Å². The highest BCUT2D eigenvalue weighted by Crippen LogP contribution is 2.23. The van der Waals surface area contributed by atoms with Crippen LogP contribution in [0.25, 0.3) is 0 Å². The van der Waals surface area contributed by atoms with Gasteiger partial charge in [-0.3, -0.25) is 15.0 Å². The molecule has 0 spiro atoms. The van der Waals surface area contributed by atoms with Gasteiger partial charge in [0, 0.05) is 6.07 Å². The number of nitrogens with zero attached hydrogens (tertiary/aromatic N) is 2. The smallest absolute Gasteiger partial charge is 0.357 e. The Morgan fingerprint density at radius 2 is 2.15 bits per heavy atom. The quantitative estimate of drug-likeness (QED) is 0.618. The van der Waals surface area contributed by atoms with Crippen molar-refractivity contribution in [1.82, 2.24) is 0 Å². The van der Waals surface area contributed by atoms with E-state index in [1.807, 2.05) is 24.3 Å². The van der Waals surface area contributed by atoms with Gasteiger partial charge in [-0.15, -0.1) is 0 Å². The highest BCUT2D eigenvalue weighted by Gasteiger charge is 2.24. The van der Waals surface area contributed by atoms with Crippen LogP contribution >= 0.6 is 0 Å². The second kappa shape index (κ2) is 6.01. The zero-order chi connectivity index (χ0) is 14.5. The zero-order valence-corrected chi connectivity index (χ0v) is 11.4. The molecule has 1 N–H and O–H groups in total. The number of H-pyrrole nitrogens is 1. The summed E-state index contributed by atoms with van der Waals surface area (Å²) in [5, 5.41) is 11.0. The number of ether oxygens (including phenoxy) is 1.